The maximum Gasteiger partial charge on any atom is 0.251 e. The molecule has 0 unspecified atom stereocenters. The lowest BCUT2D eigenvalue weighted by Crippen LogP contribution is -2.45. The Bertz CT molecular complexity index is 1250. The highest BCUT2D eigenvalue weighted by molar-refractivity contribution is 7.89. The molecule has 2 atom stereocenters. The molecule has 0 fully saturated rings. The fourth-order valence-corrected chi connectivity index (χ4v) is 4.45. The van der Waals surface area contributed by atoms with Crippen molar-refractivity contribution >= 4 is 27.5 Å². The molecule has 0 aliphatic carbocycles. The van der Waals surface area contributed by atoms with E-state index in [1.807, 2.05) is 30.3 Å². The standard InChI is InChI=1S/C25H26FN3O5S/c1-17(16-30)29-35(33,34)22-13-11-21(12-14-22)27-25(32)23(15-18-5-3-2-4-6-18)28-24(31)19-7-9-20(26)10-8-19/h2-14,17,23,29-30H,15-16H2,1H3,(H,27,32)(H,28,31)/t17-,23-/m0/s1. The topological polar surface area (TPSA) is 125 Å². The molecule has 8 nitrogen and oxygen atoms in total. The second-order valence-electron chi connectivity index (χ2n) is 7.94. The van der Waals surface area contributed by atoms with Gasteiger partial charge >= 0.3 is 0 Å². The van der Waals surface area contributed by atoms with Crippen LogP contribution in [0.25, 0.3) is 0 Å². The number of carbonyl (C=O) groups is 2. The molecule has 4 N–H and O–H groups in total. The number of carbonyl (C=O) groups excluding carboxylic acids is 2. The fraction of sp³-hybridized carbons (Fsp3) is 0.200. The summed E-state index contributed by atoms with van der Waals surface area (Å²) < 4.78 is 40.2. The summed E-state index contributed by atoms with van der Waals surface area (Å²) in [5, 5.41) is 14.4. The van der Waals surface area contributed by atoms with Crippen molar-refractivity contribution in [2.45, 2.75) is 30.3 Å². The zero-order chi connectivity index (χ0) is 25.4. The van der Waals surface area contributed by atoms with Crippen LogP contribution >= 0.6 is 0 Å². The van der Waals surface area contributed by atoms with Gasteiger partial charge in [-0.1, -0.05) is 30.3 Å². The molecule has 0 radical (unpaired) electrons. The zero-order valence-electron chi connectivity index (χ0n) is 18.9. The van der Waals surface area contributed by atoms with Gasteiger partial charge in [0.05, 0.1) is 11.5 Å². The van der Waals surface area contributed by atoms with E-state index in [1.54, 1.807) is 0 Å². The van der Waals surface area contributed by atoms with Crippen molar-refractivity contribution in [2.75, 3.05) is 11.9 Å². The van der Waals surface area contributed by atoms with Gasteiger partial charge in [0.2, 0.25) is 15.9 Å². The third-order valence-corrected chi connectivity index (χ3v) is 6.68. The highest BCUT2D eigenvalue weighted by Gasteiger charge is 2.23. The minimum Gasteiger partial charge on any atom is -0.395 e. The van der Waals surface area contributed by atoms with E-state index < -0.39 is 39.7 Å². The fourth-order valence-electron chi connectivity index (χ4n) is 3.22. The summed E-state index contributed by atoms with van der Waals surface area (Å²) in [6.07, 6.45) is 0.203. The van der Waals surface area contributed by atoms with Gasteiger partial charge in [-0.25, -0.2) is 17.5 Å². The largest absolute Gasteiger partial charge is 0.395 e. The van der Waals surface area contributed by atoms with E-state index in [2.05, 4.69) is 15.4 Å². The van der Waals surface area contributed by atoms with Crippen LogP contribution in [0, 0.1) is 5.82 Å². The molecule has 0 aromatic heterocycles. The highest BCUT2D eigenvalue weighted by atomic mass is 32.2. The number of aliphatic hydroxyl groups is 1. The van der Waals surface area contributed by atoms with E-state index in [0.717, 1.165) is 17.7 Å². The van der Waals surface area contributed by atoms with E-state index in [9.17, 15) is 22.4 Å². The normalized spacial score (nSPS) is 13.0. The summed E-state index contributed by atoms with van der Waals surface area (Å²) >= 11 is 0. The summed E-state index contributed by atoms with van der Waals surface area (Å²) in [7, 11) is -3.83. The minimum atomic E-state index is -3.83. The van der Waals surface area contributed by atoms with Crippen molar-refractivity contribution in [2.24, 2.45) is 0 Å². The van der Waals surface area contributed by atoms with Crippen LogP contribution in [-0.2, 0) is 21.2 Å². The first-order valence-electron chi connectivity index (χ1n) is 10.8. The lowest BCUT2D eigenvalue weighted by molar-refractivity contribution is -0.118. The van der Waals surface area contributed by atoms with E-state index in [0.29, 0.717) is 5.69 Å². The van der Waals surface area contributed by atoms with Crippen LogP contribution in [0.5, 0.6) is 0 Å². The Hall–Kier alpha value is -3.60. The van der Waals surface area contributed by atoms with Crippen molar-refractivity contribution in [1.82, 2.24) is 10.0 Å². The van der Waals surface area contributed by atoms with Crippen LogP contribution in [0.4, 0.5) is 10.1 Å². The van der Waals surface area contributed by atoms with Crippen LogP contribution in [0.1, 0.15) is 22.8 Å². The summed E-state index contributed by atoms with van der Waals surface area (Å²) in [6, 6.07) is 18.0. The first kappa shape index (κ1) is 26.0. The van der Waals surface area contributed by atoms with Crippen molar-refractivity contribution in [3.63, 3.8) is 0 Å². The van der Waals surface area contributed by atoms with Crippen LogP contribution in [0.3, 0.4) is 0 Å². The van der Waals surface area contributed by atoms with Gasteiger partial charge < -0.3 is 15.7 Å². The maximum atomic E-state index is 13.2. The lowest BCUT2D eigenvalue weighted by Gasteiger charge is -2.19. The van der Waals surface area contributed by atoms with Crippen LogP contribution in [0.2, 0.25) is 0 Å². The molecule has 0 heterocycles. The van der Waals surface area contributed by atoms with Crippen molar-refractivity contribution in [3.05, 3.63) is 95.8 Å². The van der Waals surface area contributed by atoms with Crippen LogP contribution < -0.4 is 15.4 Å². The molecule has 0 aliphatic rings. The van der Waals surface area contributed by atoms with Gasteiger partial charge in [-0.2, -0.15) is 0 Å². The molecule has 0 bridgehead atoms. The number of nitrogens with one attached hydrogen (secondary N) is 3. The molecule has 0 aliphatic heterocycles. The summed E-state index contributed by atoms with van der Waals surface area (Å²) in [5.41, 5.74) is 1.35. The number of rotatable bonds is 10. The highest BCUT2D eigenvalue weighted by Crippen LogP contribution is 2.16. The molecule has 184 valence electrons. The Morgan fingerprint density at radius 1 is 0.943 bits per heavy atom. The van der Waals surface area contributed by atoms with Gasteiger partial charge in [0.15, 0.2) is 0 Å². The molecule has 0 saturated carbocycles. The predicted octanol–water partition coefficient (Wildman–Crippen LogP) is 2.46. The van der Waals surface area contributed by atoms with Gasteiger partial charge in [0.1, 0.15) is 11.9 Å². The Morgan fingerprint density at radius 2 is 1.57 bits per heavy atom. The second kappa shape index (κ2) is 11.7. The quantitative estimate of drug-likeness (QED) is 0.341. The number of amides is 2. The smallest absolute Gasteiger partial charge is 0.251 e. The molecule has 0 spiro atoms. The van der Waals surface area contributed by atoms with Gasteiger partial charge in [0, 0.05) is 23.7 Å². The average molecular weight is 500 g/mol. The molecule has 35 heavy (non-hydrogen) atoms. The Labute approximate surface area is 203 Å². The first-order valence-corrected chi connectivity index (χ1v) is 12.3. The third kappa shape index (κ3) is 7.44. The lowest BCUT2D eigenvalue weighted by atomic mass is 10.0. The number of benzene rings is 3. The molecule has 2 amide bonds. The summed E-state index contributed by atoms with van der Waals surface area (Å²) in [4.78, 5) is 25.7. The average Bonchev–Trinajstić information content (AvgIpc) is 2.84. The minimum absolute atomic E-state index is 0.0266. The Balaban J connectivity index is 1.75. The van der Waals surface area contributed by atoms with Crippen LogP contribution in [0.15, 0.2) is 83.8 Å². The number of halogens is 1. The van der Waals surface area contributed by atoms with Crippen LogP contribution in [-0.4, -0.2) is 44.0 Å². The molecule has 10 heteroatoms. The van der Waals surface area contributed by atoms with E-state index in [1.165, 1.54) is 43.3 Å². The van der Waals surface area contributed by atoms with Crippen molar-refractivity contribution in [1.29, 1.82) is 0 Å². The number of anilines is 1. The van der Waals surface area contributed by atoms with Gasteiger partial charge in [-0.3, -0.25) is 9.59 Å². The Morgan fingerprint density at radius 3 is 2.17 bits per heavy atom. The number of hydrogen-bond donors (Lipinski definition) is 4. The SMILES string of the molecule is C[C@@H](CO)NS(=O)(=O)c1ccc(NC(=O)[C@H](Cc2ccccc2)NC(=O)c2ccc(F)cc2)cc1. The van der Waals surface area contributed by atoms with Gasteiger partial charge in [0.25, 0.3) is 5.91 Å². The van der Waals surface area contributed by atoms with E-state index in [-0.39, 0.29) is 23.5 Å². The molecule has 3 aromatic rings. The third-order valence-electron chi connectivity index (χ3n) is 5.07. The van der Waals surface area contributed by atoms with E-state index >= 15 is 0 Å². The second-order valence-corrected chi connectivity index (χ2v) is 9.66. The predicted molar refractivity (Wildman–Crippen MR) is 130 cm³/mol. The molecule has 0 saturated heterocycles. The number of aliphatic hydroxyl groups excluding tert-OH is 1. The molecular weight excluding hydrogens is 473 g/mol. The maximum absolute atomic E-state index is 13.2. The number of sulfonamides is 1. The zero-order valence-corrected chi connectivity index (χ0v) is 19.8. The Kier molecular flexibility index (Phi) is 8.69. The monoisotopic (exact) mass is 499 g/mol. The molecular formula is C25H26FN3O5S. The van der Waals surface area contributed by atoms with Crippen molar-refractivity contribution < 1.29 is 27.5 Å². The number of hydrogen-bond acceptors (Lipinski definition) is 5. The summed E-state index contributed by atoms with van der Waals surface area (Å²) in [6.45, 7) is 1.18. The van der Waals surface area contributed by atoms with Crippen molar-refractivity contribution in [3.8, 4) is 0 Å². The van der Waals surface area contributed by atoms with Gasteiger partial charge in [-0.15, -0.1) is 0 Å². The summed E-state index contributed by atoms with van der Waals surface area (Å²) in [5.74, 6) is -1.52. The molecule has 3 rings (SSSR count). The molecule has 3 aromatic carbocycles. The van der Waals surface area contributed by atoms with Gasteiger partial charge in [-0.05, 0) is 61.0 Å². The first-order chi connectivity index (χ1) is 16.7. The van der Waals surface area contributed by atoms with E-state index in [4.69, 9.17) is 5.11 Å².